The first-order valence-corrected chi connectivity index (χ1v) is 7.46. The van der Waals surface area contributed by atoms with Gasteiger partial charge in [0.15, 0.2) is 0 Å². The molecule has 1 nitrogen and oxygen atoms in total. The standard InChI is InChI=1S/C15H22BrN/c1-11-5-3-8-15(9-11)17-12(2)13-6-4-7-14(16)10-13/h4,6-7,10-12,15,17H,3,5,8-9H2,1-2H3. The summed E-state index contributed by atoms with van der Waals surface area (Å²) < 4.78 is 1.17. The van der Waals surface area contributed by atoms with Crippen LogP contribution < -0.4 is 5.32 Å². The van der Waals surface area contributed by atoms with Crippen LogP contribution in [0.1, 0.15) is 51.1 Å². The number of hydrogen-bond acceptors (Lipinski definition) is 1. The predicted octanol–water partition coefficient (Wildman–Crippen LogP) is 4.68. The summed E-state index contributed by atoms with van der Waals surface area (Å²) in [7, 11) is 0. The number of hydrogen-bond donors (Lipinski definition) is 1. The number of halogens is 1. The van der Waals surface area contributed by atoms with E-state index in [9.17, 15) is 0 Å². The Hall–Kier alpha value is -0.340. The van der Waals surface area contributed by atoms with E-state index in [1.807, 2.05) is 0 Å². The molecule has 0 amide bonds. The van der Waals surface area contributed by atoms with Crippen LogP contribution in [0, 0.1) is 5.92 Å². The Morgan fingerprint density at radius 2 is 2.18 bits per heavy atom. The zero-order valence-electron chi connectivity index (χ0n) is 10.7. The maximum absolute atomic E-state index is 3.77. The lowest BCUT2D eigenvalue weighted by atomic mass is 9.86. The largest absolute Gasteiger partial charge is 0.307 e. The van der Waals surface area contributed by atoms with Crippen molar-refractivity contribution in [3.63, 3.8) is 0 Å². The fourth-order valence-corrected chi connectivity index (χ4v) is 3.23. The van der Waals surface area contributed by atoms with Crippen molar-refractivity contribution in [3.8, 4) is 0 Å². The molecular weight excluding hydrogens is 274 g/mol. The van der Waals surface area contributed by atoms with Gasteiger partial charge in [0.2, 0.25) is 0 Å². The summed E-state index contributed by atoms with van der Waals surface area (Å²) in [4.78, 5) is 0. The van der Waals surface area contributed by atoms with Gasteiger partial charge in [-0.2, -0.15) is 0 Å². The monoisotopic (exact) mass is 295 g/mol. The molecule has 0 heterocycles. The second-order valence-electron chi connectivity index (χ2n) is 5.41. The molecule has 2 rings (SSSR count). The van der Waals surface area contributed by atoms with Crippen LogP contribution in [-0.2, 0) is 0 Å². The highest BCUT2D eigenvalue weighted by molar-refractivity contribution is 9.10. The van der Waals surface area contributed by atoms with Crippen molar-refractivity contribution in [3.05, 3.63) is 34.3 Å². The van der Waals surface area contributed by atoms with Crippen LogP contribution in [0.4, 0.5) is 0 Å². The molecule has 0 radical (unpaired) electrons. The zero-order chi connectivity index (χ0) is 12.3. The third-order valence-corrected chi connectivity index (χ3v) is 4.26. The third kappa shape index (κ3) is 3.82. The molecule has 1 N–H and O–H groups in total. The average molecular weight is 296 g/mol. The van der Waals surface area contributed by atoms with Gasteiger partial charge in [0.1, 0.15) is 0 Å². The average Bonchev–Trinajstić information content (AvgIpc) is 2.29. The van der Waals surface area contributed by atoms with Crippen LogP contribution in [0.3, 0.4) is 0 Å². The van der Waals surface area contributed by atoms with Crippen molar-refractivity contribution in [1.29, 1.82) is 0 Å². The first-order chi connectivity index (χ1) is 8.15. The lowest BCUT2D eigenvalue weighted by molar-refractivity contribution is 0.285. The van der Waals surface area contributed by atoms with Crippen molar-refractivity contribution in [1.82, 2.24) is 5.32 Å². The molecule has 1 saturated carbocycles. The van der Waals surface area contributed by atoms with Gasteiger partial charge in [-0.15, -0.1) is 0 Å². The van der Waals surface area contributed by atoms with Crippen LogP contribution in [0.5, 0.6) is 0 Å². The Labute approximate surface area is 113 Å². The van der Waals surface area contributed by atoms with E-state index < -0.39 is 0 Å². The second-order valence-corrected chi connectivity index (χ2v) is 6.33. The van der Waals surface area contributed by atoms with E-state index in [4.69, 9.17) is 0 Å². The van der Waals surface area contributed by atoms with Gasteiger partial charge < -0.3 is 5.32 Å². The Balaban J connectivity index is 1.94. The van der Waals surface area contributed by atoms with Crippen molar-refractivity contribution >= 4 is 15.9 Å². The fraction of sp³-hybridized carbons (Fsp3) is 0.600. The smallest absolute Gasteiger partial charge is 0.0294 e. The molecule has 3 atom stereocenters. The molecule has 1 aliphatic rings. The summed E-state index contributed by atoms with van der Waals surface area (Å²) in [5.74, 6) is 0.885. The van der Waals surface area contributed by atoms with Gasteiger partial charge in [-0.05, 0) is 43.4 Å². The Bertz CT molecular complexity index is 364. The molecule has 1 aromatic rings. The Morgan fingerprint density at radius 3 is 2.88 bits per heavy atom. The van der Waals surface area contributed by atoms with Crippen molar-refractivity contribution in [2.24, 2.45) is 5.92 Å². The molecule has 0 spiro atoms. The summed E-state index contributed by atoms with van der Waals surface area (Å²) in [5.41, 5.74) is 1.37. The molecular formula is C15H22BrN. The third-order valence-electron chi connectivity index (χ3n) is 3.77. The van der Waals surface area contributed by atoms with E-state index >= 15 is 0 Å². The quantitative estimate of drug-likeness (QED) is 0.854. The zero-order valence-corrected chi connectivity index (χ0v) is 12.3. The minimum absolute atomic E-state index is 0.447. The Morgan fingerprint density at radius 1 is 1.35 bits per heavy atom. The molecule has 3 unspecified atom stereocenters. The Kier molecular flexibility index (Phi) is 4.63. The van der Waals surface area contributed by atoms with Crippen molar-refractivity contribution in [2.45, 2.75) is 51.6 Å². The van der Waals surface area contributed by atoms with E-state index in [2.05, 4.69) is 59.4 Å². The minimum atomic E-state index is 0.447. The summed E-state index contributed by atoms with van der Waals surface area (Å²) in [6.07, 6.45) is 5.45. The summed E-state index contributed by atoms with van der Waals surface area (Å²) in [6.45, 7) is 4.64. The van der Waals surface area contributed by atoms with E-state index in [0.29, 0.717) is 12.1 Å². The van der Waals surface area contributed by atoms with Gasteiger partial charge in [0.25, 0.3) is 0 Å². The molecule has 2 heteroatoms. The van der Waals surface area contributed by atoms with Crippen LogP contribution in [-0.4, -0.2) is 6.04 Å². The molecule has 0 aromatic heterocycles. The summed E-state index contributed by atoms with van der Waals surface area (Å²) >= 11 is 3.54. The molecule has 94 valence electrons. The first-order valence-electron chi connectivity index (χ1n) is 6.66. The van der Waals surface area contributed by atoms with E-state index in [-0.39, 0.29) is 0 Å². The highest BCUT2D eigenvalue weighted by Gasteiger charge is 2.20. The summed E-state index contributed by atoms with van der Waals surface area (Å²) in [5, 5.41) is 3.77. The molecule has 1 aliphatic carbocycles. The highest BCUT2D eigenvalue weighted by Crippen LogP contribution is 2.26. The number of rotatable bonds is 3. The molecule has 0 bridgehead atoms. The molecule has 0 saturated heterocycles. The normalized spacial score (nSPS) is 26.8. The van der Waals surface area contributed by atoms with Crippen LogP contribution in [0.2, 0.25) is 0 Å². The number of nitrogens with one attached hydrogen (secondary N) is 1. The van der Waals surface area contributed by atoms with Crippen LogP contribution >= 0.6 is 15.9 Å². The summed E-state index contributed by atoms with van der Waals surface area (Å²) in [6, 6.07) is 9.76. The number of benzene rings is 1. The molecule has 17 heavy (non-hydrogen) atoms. The van der Waals surface area contributed by atoms with Crippen LogP contribution in [0.25, 0.3) is 0 Å². The molecule has 0 aliphatic heterocycles. The van der Waals surface area contributed by atoms with Gasteiger partial charge in [0.05, 0.1) is 0 Å². The van der Waals surface area contributed by atoms with Crippen molar-refractivity contribution < 1.29 is 0 Å². The lowest BCUT2D eigenvalue weighted by Crippen LogP contribution is -2.35. The van der Waals surface area contributed by atoms with Gasteiger partial charge in [0, 0.05) is 16.6 Å². The maximum Gasteiger partial charge on any atom is 0.0294 e. The van der Waals surface area contributed by atoms with Crippen LogP contribution in [0.15, 0.2) is 28.7 Å². The topological polar surface area (TPSA) is 12.0 Å². The predicted molar refractivity (Wildman–Crippen MR) is 77.1 cm³/mol. The van der Waals surface area contributed by atoms with Gasteiger partial charge in [-0.25, -0.2) is 0 Å². The van der Waals surface area contributed by atoms with Gasteiger partial charge in [-0.3, -0.25) is 0 Å². The highest BCUT2D eigenvalue weighted by atomic mass is 79.9. The van der Waals surface area contributed by atoms with E-state index in [1.165, 1.54) is 35.7 Å². The van der Waals surface area contributed by atoms with Gasteiger partial charge in [-0.1, -0.05) is 47.8 Å². The van der Waals surface area contributed by atoms with Gasteiger partial charge >= 0.3 is 0 Å². The SMILES string of the molecule is CC1CCCC(NC(C)c2cccc(Br)c2)C1. The molecule has 1 aromatic carbocycles. The lowest BCUT2D eigenvalue weighted by Gasteiger charge is -2.30. The van der Waals surface area contributed by atoms with Crippen molar-refractivity contribution in [2.75, 3.05) is 0 Å². The second kappa shape index (κ2) is 6.01. The fourth-order valence-electron chi connectivity index (χ4n) is 2.81. The van der Waals surface area contributed by atoms with E-state index in [0.717, 1.165) is 5.92 Å². The molecule has 1 fully saturated rings. The minimum Gasteiger partial charge on any atom is -0.307 e. The first kappa shape index (κ1) is 13.1. The maximum atomic E-state index is 3.77. The van der Waals surface area contributed by atoms with E-state index in [1.54, 1.807) is 0 Å².